The molecular formula is C8H7BrF2INO. The Morgan fingerprint density at radius 1 is 1.64 bits per heavy atom. The summed E-state index contributed by atoms with van der Waals surface area (Å²) >= 11 is 5.16. The molecule has 0 fully saturated rings. The Balaban J connectivity index is 3.24. The highest BCUT2D eigenvalue weighted by atomic mass is 127. The average molecular weight is 378 g/mol. The molecule has 1 aromatic heterocycles. The number of pyridine rings is 1. The summed E-state index contributed by atoms with van der Waals surface area (Å²) in [6.07, 6.45) is -2.57. The van der Waals surface area contributed by atoms with Crippen LogP contribution in [-0.2, 0) is 5.33 Å². The van der Waals surface area contributed by atoms with Crippen LogP contribution in [0.15, 0.2) is 6.07 Å². The largest absolute Gasteiger partial charge is 0.496 e. The first-order chi connectivity index (χ1) is 6.60. The van der Waals surface area contributed by atoms with E-state index in [0.717, 1.165) is 5.56 Å². The van der Waals surface area contributed by atoms with Crippen LogP contribution in [-0.4, -0.2) is 12.1 Å². The topological polar surface area (TPSA) is 22.1 Å². The van der Waals surface area contributed by atoms with Gasteiger partial charge in [-0.05, 0) is 22.6 Å². The standard InChI is InChI=1S/C8H7BrF2INO/c1-14-6-2-5(7(10)11)13-8(12)4(6)3-9/h2,7H,3H2,1H3. The van der Waals surface area contributed by atoms with Gasteiger partial charge in [-0.1, -0.05) is 15.9 Å². The quantitative estimate of drug-likeness (QED) is 0.456. The summed E-state index contributed by atoms with van der Waals surface area (Å²) in [5.74, 6) is 0.441. The van der Waals surface area contributed by atoms with E-state index < -0.39 is 6.43 Å². The lowest BCUT2D eigenvalue weighted by Crippen LogP contribution is -2.00. The van der Waals surface area contributed by atoms with Crippen molar-refractivity contribution in [2.75, 3.05) is 7.11 Å². The molecule has 0 aliphatic heterocycles. The maximum absolute atomic E-state index is 12.4. The molecule has 0 aromatic carbocycles. The summed E-state index contributed by atoms with van der Waals surface area (Å²) in [6.45, 7) is 0. The highest BCUT2D eigenvalue weighted by Gasteiger charge is 2.15. The Morgan fingerprint density at radius 3 is 2.71 bits per heavy atom. The van der Waals surface area contributed by atoms with Gasteiger partial charge in [0.25, 0.3) is 6.43 Å². The maximum atomic E-state index is 12.4. The Morgan fingerprint density at radius 2 is 2.29 bits per heavy atom. The van der Waals surface area contributed by atoms with Crippen molar-refractivity contribution < 1.29 is 13.5 Å². The van der Waals surface area contributed by atoms with Gasteiger partial charge in [0.1, 0.15) is 15.1 Å². The fraction of sp³-hybridized carbons (Fsp3) is 0.375. The van der Waals surface area contributed by atoms with E-state index in [1.807, 2.05) is 22.6 Å². The summed E-state index contributed by atoms with van der Waals surface area (Å²) in [5, 5.41) is 0.533. The van der Waals surface area contributed by atoms with Crippen LogP contribution in [0.5, 0.6) is 5.75 Å². The molecule has 1 aromatic rings. The van der Waals surface area contributed by atoms with Crippen molar-refractivity contribution >= 4 is 38.5 Å². The zero-order valence-electron chi connectivity index (χ0n) is 7.23. The number of hydrogen-bond donors (Lipinski definition) is 0. The van der Waals surface area contributed by atoms with Gasteiger partial charge in [-0.25, -0.2) is 13.8 Å². The van der Waals surface area contributed by atoms with Crippen LogP contribution in [0.1, 0.15) is 17.7 Å². The van der Waals surface area contributed by atoms with Crippen molar-refractivity contribution in [3.8, 4) is 5.75 Å². The van der Waals surface area contributed by atoms with Gasteiger partial charge in [-0.2, -0.15) is 0 Å². The fourth-order valence-electron chi connectivity index (χ4n) is 0.951. The monoisotopic (exact) mass is 377 g/mol. The normalized spacial score (nSPS) is 10.7. The van der Waals surface area contributed by atoms with Crippen LogP contribution in [0.3, 0.4) is 0 Å². The number of nitrogens with zero attached hydrogens (tertiary/aromatic N) is 1. The van der Waals surface area contributed by atoms with E-state index in [9.17, 15) is 8.78 Å². The lowest BCUT2D eigenvalue weighted by Gasteiger charge is -2.09. The van der Waals surface area contributed by atoms with E-state index in [0.29, 0.717) is 14.8 Å². The predicted octanol–water partition coefficient (Wildman–Crippen LogP) is 3.53. The van der Waals surface area contributed by atoms with Crippen LogP contribution in [0.2, 0.25) is 0 Å². The minimum atomic E-state index is -2.57. The van der Waals surface area contributed by atoms with Crippen LogP contribution >= 0.6 is 38.5 Å². The summed E-state index contributed by atoms with van der Waals surface area (Å²) in [6, 6.07) is 1.27. The summed E-state index contributed by atoms with van der Waals surface area (Å²) in [7, 11) is 1.45. The Hall–Kier alpha value is 0.0200. The van der Waals surface area contributed by atoms with E-state index in [-0.39, 0.29) is 5.69 Å². The number of alkyl halides is 3. The molecule has 0 unspecified atom stereocenters. The molecule has 14 heavy (non-hydrogen) atoms. The van der Waals surface area contributed by atoms with Crippen molar-refractivity contribution in [1.29, 1.82) is 0 Å². The lowest BCUT2D eigenvalue weighted by atomic mass is 10.2. The highest BCUT2D eigenvalue weighted by Crippen LogP contribution is 2.29. The van der Waals surface area contributed by atoms with E-state index in [1.165, 1.54) is 13.2 Å². The molecule has 78 valence electrons. The third-order valence-corrected chi connectivity index (χ3v) is 3.08. The fourth-order valence-corrected chi connectivity index (χ4v) is 2.75. The minimum absolute atomic E-state index is 0.254. The molecule has 0 bridgehead atoms. The molecule has 0 aliphatic carbocycles. The first-order valence-corrected chi connectivity index (χ1v) is 5.87. The summed E-state index contributed by atoms with van der Waals surface area (Å²) in [4.78, 5) is 3.78. The number of aromatic nitrogens is 1. The Labute approximate surface area is 102 Å². The molecule has 2 nitrogen and oxygen atoms in total. The van der Waals surface area contributed by atoms with E-state index >= 15 is 0 Å². The highest BCUT2D eigenvalue weighted by molar-refractivity contribution is 14.1. The molecule has 0 radical (unpaired) electrons. The molecule has 0 atom stereocenters. The molecule has 0 saturated carbocycles. The smallest absolute Gasteiger partial charge is 0.280 e. The predicted molar refractivity (Wildman–Crippen MR) is 61.1 cm³/mol. The molecule has 0 N–H and O–H groups in total. The lowest BCUT2D eigenvalue weighted by molar-refractivity contribution is 0.145. The molecule has 0 aliphatic rings. The van der Waals surface area contributed by atoms with Crippen LogP contribution in [0.4, 0.5) is 8.78 Å². The van der Waals surface area contributed by atoms with Gasteiger partial charge in [-0.3, -0.25) is 0 Å². The minimum Gasteiger partial charge on any atom is -0.496 e. The van der Waals surface area contributed by atoms with Crippen LogP contribution in [0.25, 0.3) is 0 Å². The van der Waals surface area contributed by atoms with Crippen molar-refractivity contribution in [2.24, 2.45) is 0 Å². The number of rotatable bonds is 3. The van der Waals surface area contributed by atoms with Crippen molar-refractivity contribution in [3.05, 3.63) is 21.0 Å². The third kappa shape index (κ3) is 2.53. The Bertz CT molecular complexity index is 335. The first-order valence-electron chi connectivity index (χ1n) is 3.67. The Kier molecular flexibility index (Phi) is 4.49. The first kappa shape index (κ1) is 12.1. The number of methoxy groups -OCH3 is 1. The molecule has 1 rings (SSSR count). The van der Waals surface area contributed by atoms with Gasteiger partial charge in [0, 0.05) is 17.0 Å². The van der Waals surface area contributed by atoms with E-state index in [4.69, 9.17) is 4.74 Å². The number of hydrogen-bond acceptors (Lipinski definition) is 2. The molecular weight excluding hydrogens is 371 g/mol. The molecule has 0 amide bonds. The average Bonchev–Trinajstić information content (AvgIpc) is 2.16. The van der Waals surface area contributed by atoms with Gasteiger partial charge in [0.05, 0.1) is 7.11 Å². The van der Waals surface area contributed by atoms with Crippen LogP contribution < -0.4 is 4.74 Å². The molecule has 0 saturated heterocycles. The van der Waals surface area contributed by atoms with Crippen molar-refractivity contribution in [3.63, 3.8) is 0 Å². The zero-order valence-corrected chi connectivity index (χ0v) is 11.0. The summed E-state index contributed by atoms with van der Waals surface area (Å²) in [5.41, 5.74) is 0.536. The van der Waals surface area contributed by atoms with Crippen LogP contribution in [0, 0.1) is 3.70 Å². The summed E-state index contributed by atoms with van der Waals surface area (Å²) < 4.78 is 30.3. The number of ether oxygens (including phenoxy) is 1. The molecule has 1 heterocycles. The second kappa shape index (κ2) is 5.20. The second-order valence-corrected chi connectivity index (χ2v) is 4.04. The third-order valence-electron chi connectivity index (χ3n) is 1.63. The SMILES string of the molecule is COc1cc(C(F)F)nc(I)c1CBr. The van der Waals surface area contributed by atoms with E-state index in [1.54, 1.807) is 0 Å². The van der Waals surface area contributed by atoms with Gasteiger partial charge < -0.3 is 4.74 Å². The number of halogens is 4. The van der Waals surface area contributed by atoms with Gasteiger partial charge in [0.15, 0.2) is 0 Å². The van der Waals surface area contributed by atoms with Gasteiger partial charge in [0.2, 0.25) is 0 Å². The molecule has 0 spiro atoms. The van der Waals surface area contributed by atoms with Gasteiger partial charge >= 0.3 is 0 Å². The van der Waals surface area contributed by atoms with Gasteiger partial charge in [-0.15, -0.1) is 0 Å². The molecule has 6 heteroatoms. The zero-order chi connectivity index (χ0) is 10.7. The maximum Gasteiger partial charge on any atom is 0.280 e. The second-order valence-electron chi connectivity index (χ2n) is 2.45. The van der Waals surface area contributed by atoms with Crippen molar-refractivity contribution in [1.82, 2.24) is 4.98 Å². The van der Waals surface area contributed by atoms with Crippen molar-refractivity contribution in [2.45, 2.75) is 11.8 Å². The van der Waals surface area contributed by atoms with E-state index in [2.05, 4.69) is 20.9 Å².